The second kappa shape index (κ2) is 5.43. The Kier molecular flexibility index (Phi) is 1.93. The molecule has 0 aliphatic heterocycles. The topological polar surface area (TPSA) is 0 Å². The van der Waals surface area contributed by atoms with E-state index in [9.17, 15) is 0 Å². The molecule has 4 radical (unpaired) electrons. The van der Waals surface area contributed by atoms with E-state index in [1.165, 1.54) is 0 Å². The summed E-state index contributed by atoms with van der Waals surface area (Å²) in [7, 11) is 0.0159. The van der Waals surface area contributed by atoms with E-state index in [0.717, 1.165) is 0 Å². The monoisotopic (exact) mass is 118 g/mol. The van der Waals surface area contributed by atoms with Gasteiger partial charge in [0.25, 0.3) is 0 Å². The van der Waals surface area contributed by atoms with Crippen LogP contribution >= 0.6 is 0 Å². The molecule has 0 heterocycles. The van der Waals surface area contributed by atoms with Gasteiger partial charge in [-0.05, 0) is 0 Å². The molecule has 0 atom stereocenters. The van der Waals surface area contributed by atoms with Gasteiger partial charge in [-0.2, -0.15) is 0 Å². The molecule has 0 saturated heterocycles. The maximum Gasteiger partial charge on any atom is 0.0339 e. The summed E-state index contributed by atoms with van der Waals surface area (Å²) in [4.78, 5) is 0. The quantitative estimate of drug-likeness (QED) is 0.490. The summed E-state index contributed by atoms with van der Waals surface area (Å²) in [5.41, 5.74) is 0. The van der Waals surface area contributed by atoms with E-state index < -0.39 is 12.0 Å². The van der Waals surface area contributed by atoms with Crippen molar-refractivity contribution in [3.8, 4) is 0 Å². The largest absolute Gasteiger partial charge is 0.0733 e. The molecule has 0 aliphatic carbocycles. The van der Waals surface area contributed by atoms with Crippen molar-refractivity contribution >= 4 is 19.0 Å². The molecule has 0 aromatic carbocycles. The Morgan fingerprint density at radius 1 is 1.33 bits per heavy atom. The second-order valence-electron chi connectivity index (χ2n) is 0.750. The SMILES string of the molecule is [2H]C([2H])([Si]C)C([2H])([2H])[Si]C. The van der Waals surface area contributed by atoms with E-state index in [1.54, 1.807) is 13.1 Å². The van der Waals surface area contributed by atoms with Crippen LogP contribution in [0.2, 0.25) is 25.1 Å². The Morgan fingerprint density at radius 3 is 1.83 bits per heavy atom. The lowest BCUT2D eigenvalue weighted by Gasteiger charge is -1.83. The Labute approximate surface area is 50.6 Å². The lowest BCUT2D eigenvalue weighted by atomic mass is 10.9. The highest BCUT2D eigenvalue weighted by atomic mass is 28.2. The van der Waals surface area contributed by atoms with Gasteiger partial charge in [-0.25, -0.2) is 0 Å². The first kappa shape index (κ1) is 2.13. The van der Waals surface area contributed by atoms with E-state index in [4.69, 9.17) is 5.48 Å². The third-order valence-electron chi connectivity index (χ3n) is 0.312. The van der Waals surface area contributed by atoms with E-state index in [1.807, 2.05) is 0 Å². The van der Waals surface area contributed by atoms with Crippen molar-refractivity contribution in [1.29, 1.82) is 0 Å². The molecule has 0 N–H and O–H groups in total. The van der Waals surface area contributed by atoms with Gasteiger partial charge in [0.2, 0.25) is 0 Å². The highest BCUT2D eigenvalue weighted by Crippen LogP contribution is 1.84. The van der Waals surface area contributed by atoms with Crippen molar-refractivity contribution in [2.75, 3.05) is 0 Å². The molecule has 2 heteroatoms. The van der Waals surface area contributed by atoms with Crippen molar-refractivity contribution < 1.29 is 5.48 Å². The van der Waals surface area contributed by atoms with Crippen molar-refractivity contribution in [1.82, 2.24) is 0 Å². The van der Waals surface area contributed by atoms with E-state index in [0.29, 0.717) is 0 Å². The molecule has 0 aromatic rings. The summed E-state index contributed by atoms with van der Waals surface area (Å²) in [6.45, 7) is 3.38. The van der Waals surface area contributed by atoms with Gasteiger partial charge < -0.3 is 0 Å². The zero-order valence-corrected chi connectivity index (χ0v) is 6.00. The first-order valence-electron chi connectivity index (χ1n) is 3.75. The molecule has 34 valence electrons. The number of hydrogen-bond acceptors (Lipinski definition) is 0. The van der Waals surface area contributed by atoms with Gasteiger partial charge in [-0.1, -0.05) is 25.1 Å². The summed E-state index contributed by atoms with van der Waals surface area (Å²) >= 11 is 0. The molecular formula is C4H10Si2. The summed E-state index contributed by atoms with van der Waals surface area (Å²) in [5, 5.41) is 0. The molecule has 0 aliphatic rings. The first-order chi connectivity index (χ1) is 4.37. The van der Waals surface area contributed by atoms with Gasteiger partial charge in [-0.3, -0.25) is 0 Å². The Hall–Kier alpha value is 0.434. The standard InChI is InChI=1S/C4H10Si2/c1-5-3-4-6-2/h3-4H2,1-2H3/i3D2,4D2. The summed E-state index contributed by atoms with van der Waals surface area (Å²) in [5.74, 6) is -3.28. The van der Waals surface area contributed by atoms with Crippen LogP contribution in [-0.4, -0.2) is 19.0 Å². The van der Waals surface area contributed by atoms with Crippen LogP contribution in [0.4, 0.5) is 0 Å². The fourth-order valence-electron chi connectivity index (χ4n) is 0.125. The minimum absolute atomic E-state index is 0.00796. The van der Waals surface area contributed by atoms with E-state index in [2.05, 4.69) is 0 Å². The van der Waals surface area contributed by atoms with Crippen LogP contribution in [0, 0.1) is 0 Å². The van der Waals surface area contributed by atoms with Crippen LogP contribution < -0.4 is 0 Å². The third kappa shape index (κ3) is 4.43. The molecule has 6 heavy (non-hydrogen) atoms. The second-order valence-corrected chi connectivity index (χ2v) is 2.25. The summed E-state index contributed by atoms with van der Waals surface area (Å²) in [6.07, 6.45) is 0. The third-order valence-corrected chi connectivity index (χ3v) is 1.31. The maximum absolute atomic E-state index is 7.29. The fraction of sp³-hybridized carbons (Fsp3) is 1.00. The summed E-state index contributed by atoms with van der Waals surface area (Å²) in [6, 6.07) is 0. The van der Waals surface area contributed by atoms with Crippen LogP contribution in [0.15, 0.2) is 0 Å². The molecule has 0 bridgehead atoms. The molecule has 0 unspecified atom stereocenters. The van der Waals surface area contributed by atoms with Crippen molar-refractivity contribution in [3.05, 3.63) is 0 Å². The molecule has 0 nitrogen and oxygen atoms in total. The molecule has 0 aromatic heterocycles. The van der Waals surface area contributed by atoms with Gasteiger partial charge in [-0.15, -0.1) is 0 Å². The van der Waals surface area contributed by atoms with E-state index >= 15 is 0 Å². The Bertz CT molecular complexity index is 99.8. The van der Waals surface area contributed by atoms with Gasteiger partial charge in [0.15, 0.2) is 0 Å². The van der Waals surface area contributed by atoms with Gasteiger partial charge in [0.1, 0.15) is 0 Å². The molecule has 0 fully saturated rings. The predicted octanol–water partition coefficient (Wildman–Crippen LogP) is 1.33. The average molecular weight is 118 g/mol. The highest BCUT2D eigenvalue weighted by Gasteiger charge is 1.77. The fourth-order valence-corrected chi connectivity index (χ4v) is 1.12. The van der Waals surface area contributed by atoms with Gasteiger partial charge in [0, 0.05) is 24.5 Å². The minimum atomic E-state index is -1.64. The van der Waals surface area contributed by atoms with Crippen LogP contribution in [0.25, 0.3) is 0 Å². The molecule has 0 spiro atoms. The number of rotatable bonds is 3. The minimum Gasteiger partial charge on any atom is -0.0733 e. The van der Waals surface area contributed by atoms with Crippen molar-refractivity contribution in [2.45, 2.75) is 25.1 Å². The van der Waals surface area contributed by atoms with Gasteiger partial charge >= 0.3 is 0 Å². The van der Waals surface area contributed by atoms with Crippen LogP contribution in [0.3, 0.4) is 0 Å². The maximum atomic E-state index is 7.29. The van der Waals surface area contributed by atoms with Crippen LogP contribution in [-0.2, 0) is 0 Å². The first-order valence-corrected chi connectivity index (χ1v) is 4.75. The zero-order chi connectivity index (χ0) is 8.41. The smallest absolute Gasteiger partial charge is 0.0339 e. The molecule has 0 rings (SSSR count). The van der Waals surface area contributed by atoms with Crippen molar-refractivity contribution in [2.24, 2.45) is 0 Å². The molecular weight excluding hydrogens is 104 g/mol. The highest BCUT2D eigenvalue weighted by molar-refractivity contribution is 6.40. The average Bonchev–Trinajstić information content (AvgIpc) is 1.88. The summed E-state index contributed by atoms with van der Waals surface area (Å²) < 4.78 is 29.2. The normalized spacial score (nSPS) is 23.7. The molecule has 0 amide bonds. The lowest BCUT2D eigenvalue weighted by molar-refractivity contribution is 1.41. The van der Waals surface area contributed by atoms with Crippen LogP contribution in [0.1, 0.15) is 5.48 Å². The Balaban J connectivity index is 4.28. The zero-order valence-electron chi connectivity index (χ0n) is 8.00. The van der Waals surface area contributed by atoms with Crippen LogP contribution in [0.5, 0.6) is 0 Å². The number of hydrogen-bond donors (Lipinski definition) is 0. The Morgan fingerprint density at radius 2 is 1.67 bits per heavy atom. The van der Waals surface area contributed by atoms with Gasteiger partial charge in [0.05, 0.1) is 0 Å². The van der Waals surface area contributed by atoms with Crippen molar-refractivity contribution in [3.63, 3.8) is 0 Å². The predicted molar refractivity (Wildman–Crippen MR) is 32.8 cm³/mol. The molecule has 0 saturated carbocycles. The lowest BCUT2D eigenvalue weighted by Crippen LogP contribution is -1.83. The van der Waals surface area contributed by atoms with E-state index in [-0.39, 0.29) is 19.0 Å².